The van der Waals surface area contributed by atoms with Crippen molar-refractivity contribution in [2.45, 2.75) is 44.2 Å². The number of amides is 1. The number of carboxylic acid groups (broad SMARTS) is 1. The average molecular weight is 610 g/mol. The van der Waals surface area contributed by atoms with E-state index >= 15 is 4.39 Å². The van der Waals surface area contributed by atoms with Crippen LogP contribution < -0.4 is 10.1 Å². The van der Waals surface area contributed by atoms with Crippen LogP contribution in [0.4, 0.5) is 4.39 Å². The van der Waals surface area contributed by atoms with Gasteiger partial charge in [-0.2, -0.15) is 0 Å². The zero-order chi connectivity index (χ0) is 29.6. The highest BCUT2D eigenvalue weighted by molar-refractivity contribution is 6.34. The number of carbonyl (C=O) groups excluding carboxylic acids is 1. The first-order valence-corrected chi connectivity index (χ1v) is 14.8. The number of rotatable bonds is 11. The van der Waals surface area contributed by atoms with Crippen LogP contribution in [0.2, 0.25) is 10.0 Å². The molecule has 2 N–H and O–H groups in total. The zero-order valence-corrected chi connectivity index (χ0v) is 24.6. The molecule has 1 aliphatic heterocycles. The van der Waals surface area contributed by atoms with Crippen LogP contribution in [-0.2, 0) is 4.79 Å². The van der Waals surface area contributed by atoms with Gasteiger partial charge in [0, 0.05) is 34.6 Å². The van der Waals surface area contributed by atoms with Crippen LogP contribution in [0.5, 0.6) is 5.75 Å². The summed E-state index contributed by atoms with van der Waals surface area (Å²) in [4.78, 5) is 26.8. The highest BCUT2D eigenvalue weighted by atomic mass is 35.5. The largest absolute Gasteiger partial charge is 0.493 e. The smallest absolute Gasteiger partial charge is 0.330 e. The van der Waals surface area contributed by atoms with Crippen molar-refractivity contribution in [3.63, 3.8) is 0 Å². The molecule has 6 rings (SSSR count). The van der Waals surface area contributed by atoms with Gasteiger partial charge in [0.1, 0.15) is 17.6 Å². The quantitative estimate of drug-likeness (QED) is 0.229. The number of carboxylic acids is 1. The molecule has 2 atom stereocenters. The van der Waals surface area contributed by atoms with Gasteiger partial charge < -0.3 is 15.2 Å². The van der Waals surface area contributed by atoms with Gasteiger partial charge in [-0.1, -0.05) is 66.5 Å². The van der Waals surface area contributed by atoms with Crippen molar-refractivity contribution >= 4 is 35.1 Å². The predicted molar refractivity (Wildman–Crippen MR) is 160 cm³/mol. The van der Waals surface area contributed by atoms with E-state index in [0.717, 1.165) is 42.6 Å². The molecule has 6 nitrogen and oxygen atoms in total. The minimum Gasteiger partial charge on any atom is -0.493 e. The lowest BCUT2D eigenvalue weighted by atomic mass is 9.79. The van der Waals surface area contributed by atoms with Gasteiger partial charge in [0.15, 0.2) is 0 Å². The minimum atomic E-state index is -1.16. The Labute approximate surface area is 254 Å². The molecule has 2 fully saturated rings. The number of ether oxygens (including phenoxy) is 1. The molecule has 1 saturated heterocycles. The summed E-state index contributed by atoms with van der Waals surface area (Å²) in [6, 6.07) is 17.4. The maximum Gasteiger partial charge on any atom is 0.330 e. The average Bonchev–Trinajstić information content (AvgIpc) is 3.84. The zero-order valence-electron chi connectivity index (χ0n) is 23.1. The van der Waals surface area contributed by atoms with Gasteiger partial charge >= 0.3 is 5.97 Å². The van der Waals surface area contributed by atoms with Gasteiger partial charge in [-0.15, -0.1) is 0 Å². The van der Waals surface area contributed by atoms with Gasteiger partial charge in [0.05, 0.1) is 18.2 Å². The lowest BCUT2D eigenvalue weighted by molar-refractivity contribution is -0.138. The van der Waals surface area contributed by atoms with Crippen molar-refractivity contribution in [1.29, 1.82) is 0 Å². The van der Waals surface area contributed by atoms with Crippen molar-refractivity contribution in [2.24, 2.45) is 5.41 Å². The van der Waals surface area contributed by atoms with Crippen molar-refractivity contribution < 1.29 is 23.8 Å². The standard InChI is InChI=1S/C33H31Cl2FN2O4/c1-33(16-38(17-33)30(21-5-3-2-4-6-21)22-11-23(34)13-24(35)12-22)18-42-28-15-27(36)26(14-25(28)19-7-8-19)31(39)37-29(32(40)41)20-9-10-20/h2-6,9,11-15,19,29-30H,7-8,10,16-18H2,1H3,(H,37,39)(H,40,41)/t29-,30+/m0/s1. The fourth-order valence-electron chi connectivity index (χ4n) is 5.84. The maximum atomic E-state index is 15.2. The third kappa shape index (κ3) is 6.19. The van der Waals surface area contributed by atoms with Gasteiger partial charge in [-0.05, 0) is 71.7 Å². The third-order valence-corrected chi connectivity index (χ3v) is 8.56. The number of hydrogen-bond donors (Lipinski definition) is 2. The molecule has 2 aliphatic carbocycles. The van der Waals surface area contributed by atoms with Crippen LogP contribution in [0.25, 0.3) is 0 Å². The van der Waals surface area contributed by atoms with Crippen LogP contribution in [0.1, 0.15) is 65.2 Å². The minimum absolute atomic E-state index is 0.0335. The highest BCUT2D eigenvalue weighted by Crippen LogP contribution is 2.46. The summed E-state index contributed by atoms with van der Waals surface area (Å²) >= 11 is 12.7. The summed E-state index contributed by atoms with van der Waals surface area (Å²) in [5.41, 5.74) is 3.20. The van der Waals surface area contributed by atoms with E-state index in [1.54, 1.807) is 12.1 Å². The normalized spacial score (nSPS) is 18.8. The molecule has 218 valence electrons. The number of likely N-dealkylation sites (tertiary alicyclic amines) is 1. The van der Waals surface area contributed by atoms with E-state index in [4.69, 9.17) is 27.9 Å². The number of nitrogens with one attached hydrogen (secondary N) is 1. The Morgan fingerprint density at radius 2 is 1.74 bits per heavy atom. The predicted octanol–water partition coefficient (Wildman–Crippen LogP) is 7.01. The van der Waals surface area contributed by atoms with Crippen molar-refractivity contribution in [1.82, 2.24) is 10.2 Å². The van der Waals surface area contributed by atoms with Crippen LogP contribution in [0.3, 0.4) is 0 Å². The SMILES string of the molecule is CC1(COc2cc(F)c(C(=O)N[C@H](C(=O)O)C3=CC3)cc2C2CC2)CN([C@H](c2ccccc2)c2cc(Cl)cc(Cl)c2)C1. The highest BCUT2D eigenvalue weighted by Gasteiger charge is 2.44. The van der Waals surface area contributed by atoms with E-state index in [-0.39, 0.29) is 22.9 Å². The molecule has 1 amide bonds. The third-order valence-electron chi connectivity index (χ3n) is 8.12. The van der Waals surface area contributed by atoms with Crippen LogP contribution in [0, 0.1) is 11.2 Å². The Morgan fingerprint density at radius 3 is 2.33 bits per heavy atom. The van der Waals surface area contributed by atoms with E-state index in [2.05, 4.69) is 29.3 Å². The number of carbonyl (C=O) groups is 2. The van der Waals surface area contributed by atoms with Gasteiger partial charge in [0.25, 0.3) is 5.91 Å². The number of allylic oxidation sites excluding steroid dienone is 1. The van der Waals surface area contributed by atoms with Crippen molar-refractivity contribution in [3.05, 3.63) is 110 Å². The fraction of sp³-hybridized carbons (Fsp3) is 0.333. The lowest BCUT2D eigenvalue weighted by Gasteiger charge is -2.51. The molecule has 3 aromatic carbocycles. The molecule has 9 heteroatoms. The second-order valence-electron chi connectivity index (χ2n) is 11.9. The van der Waals surface area contributed by atoms with Gasteiger partial charge in [0.2, 0.25) is 0 Å². The molecule has 1 heterocycles. The fourth-order valence-corrected chi connectivity index (χ4v) is 6.39. The van der Waals surface area contributed by atoms with E-state index in [0.29, 0.717) is 34.4 Å². The maximum absolute atomic E-state index is 15.2. The molecule has 0 bridgehead atoms. The summed E-state index contributed by atoms with van der Waals surface area (Å²) in [5, 5.41) is 13.1. The first kappa shape index (κ1) is 28.7. The summed E-state index contributed by atoms with van der Waals surface area (Å²) in [5.74, 6) is -2.01. The summed E-state index contributed by atoms with van der Waals surface area (Å²) in [6.45, 7) is 4.00. The van der Waals surface area contributed by atoms with Gasteiger partial charge in [-0.25, -0.2) is 9.18 Å². The molecular formula is C33H31Cl2FN2O4. The van der Waals surface area contributed by atoms with Crippen LogP contribution in [0.15, 0.2) is 72.3 Å². The lowest BCUT2D eigenvalue weighted by Crippen LogP contribution is -2.58. The Balaban J connectivity index is 1.17. The molecule has 0 radical (unpaired) electrons. The molecule has 0 aromatic heterocycles. The van der Waals surface area contributed by atoms with Crippen LogP contribution in [-0.4, -0.2) is 47.6 Å². The molecule has 3 aromatic rings. The molecular weight excluding hydrogens is 578 g/mol. The Morgan fingerprint density at radius 1 is 1.07 bits per heavy atom. The Kier molecular flexibility index (Phi) is 7.77. The number of nitrogens with zero attached hydrogens (tertiary/aromatic N) is 1. The number of halogens is 3. The molecule has 0 spiro atoms. The second-order valence-corrected chi connectivity index (χ2v) is 12.8. The van der Waals surface area contributed by atoms with E-state index in [1.165, 1.54) is 12.1 Å². The Hall–Kier alpha value is -3.39. The topological polar surface area (TPSA) is 78.9 Å². The molecule has 42 heavy (non-hydrogen) atoms. The van der Waals surface area contributed by atoms with Crippen molar-refractivity contribution in [3.8, 4) is 5.75 Å². The Bertz CT molecular complexity index is 1550. The second kappa shape index (κ2) is 11.4. The molecule has 1 saturated carbocycles. The first-order chi connectivity index (χ1) is 20.1. The molecule has 0 unspecified atom stereocenters. The van der Waals surface area contributed by atoms with Crippen molar-refractivity contribution in [2.75, 3.05) is 19.7 Å². The van der Waals surface area contributed by atoms with E-state index < -0.39 is 23.7 Å². The summed E-state index contributed by atoms with van der Waals surface area (Å²) in [7, 11) is 0. The monoisotopic (exact) mass is 608 g/mol. The number of benzene rings is 3. The van der Waals surface area contributed by atoms with E-state index in [1.807, 2.05) is 30.3 Å². The van der Waals surface area contributed by atoms with E-state index in [9.17, 15) is 14.7 Å². The van der Waals surface area contributed by atoms with Gasteiger partial charge in [-0.3, -0.25) is 9.69 Å². The first-order valence-electron chi connectivity index (χ1n) is 14.0. The van der Waals surface area contributed by atoms with Crippen LogP contribution >= 0.6 is 23.2 Å². The molecule has 3 aliphatic rings. The number of hydrogen-bond acceptors (Lipinski definition) is 4. The summed E-state index contributed by atoms with van der Waals surface area (Å²) in [6.07, 6.45) is 4.13. The number of aliphatic carboxylic acids is 1. The summed E-state index contributed by atoms with van der Waals surface area (Å²) < 4.78 is 21.5.